The maximum atomic E-state index is 12.4. The van der Waals surface area contributed by atoms with Gasteiger partial charge in [0.2, 0.25) is 0 Å². The summed E-state index contributed by atoms with van der Waals surface area (Å²) in [5, 5.41) is 2.82. The van der Waals surface area contributed by atoms with Crippen LogP contribution in [0.3, 0.4) is 0 Å². The summed E-state index contributed by atoms with van der Waals surface area (Å²) in [6.45, 7) is 8.32. The molecule has 0 heterocycles. The lowest BCUT2D eigenvalue weighted by Crippen LogP contribution is -2.30. The van der Waals surface area contributed by atoms with Gasteiger partial charge in [0.15, 0.2) is 6.10 Å². The lowest BCUT2D eigenvalue weighted by atomic mass is 10.1. The largest absolute Gasteiger partial charge is 0.494 e. The second-order valence-electron chi connectivity index (χ2n) is 7.22. The lowest BCUT2D eigenvalue weighted by molar-refractivity contribution is -0.123. The SMILES string of the molecule is CCCCCCOc1ccc(C(=O)O[C@@H](C)C(=O)Nc2cccc(C)c2C)cc1. The van der Waals surface area contributed by atoms with E-state index in [2.05, 4.69) is 12.2 Å². The summed E-state index contributed by atoms with van der Waals surface area (Å²) >= 11 is 0. The fraction of sp³-hybridized carbons (Fsp3) is 0.417. The lowest BCUT2D eigenvalue weighted by Gasteiger charge is -2.15. The number of carbonyl (C=O) groups is 2. The van der Waals surface area contributed by atoms with Gasteiger partial charge in [-0.25, -0.2) is 4.79 Å². The van der Waals surface area contributed by atoms with E-state index >= 15 is 0 Å². The minimum absolute atomic E-state index is 0.362. The summed E-state index contributed by atoms with van der Waals surface area (Å²) in [7, 11) is 0. The Morgan fingerprint density at radius 2 is 1.72 bits per heavy atom. The van der Waals surface area contributed by atoms with Gasteiger partial charge in [0.05, 0.1) is 12.2 Å². The smallest absolute Gasteiger partial charge is 0.338 e. The highest BCUT2D eigenvalue weighted by Gasteiger charge is 2.19. The molecule has 0 aliphatic carbocycles. The molecule has 0 unspecified atom stereocenters. The number of aryl methyl sites for hydroxylation is 1. The highest BCUT2D eigenvalue weighted by Crippen LogP contribution is 2.19. The molecule has 1 N–H and O–H groups in total. The zero-order valence-corrected chi connectivity index (χ0v) is 17.8. The zero-order chi connectivity index (χ0) is 21.2. The first-order valence-corrected chi connectivity index (χ1v) is 10.2. The number of benzene rings is 2. The molecular formula is C24H31NO4. The number of amides is 1. The normalized spacial score (nSPS) is 11.6. The van der Waals surface area contributed by atoms with E-state index in [-0.39, 0.29) is 5.91 Å². The maximum Gasteiger partial charge on any atom is 0.338 e. The van der Waals surface area contributed by atoms with Crippen molar-refractivity contribution in [2.24, 2.45) is 0 Å². The van der Waals surface area contributed by atoms with Gasteiger partial charge >= 0.3 is 5.97 Å². The third kappa shape index (κ3) is 6.93. The van der Waals surface area contributed by atoms with E-state index in [1.807, 2.05) is 32.0 Å². The number of hydrogen-bond acceptors (Lipinski definition) is 4. The number of carbonyl (C=O) groups excluding carboxylic acids is 2. The van der Waals surface area contributed by atoms with Crippen LogP contribution in [0.4, 0.5) is 5.69 Å². The van der Waals surface area contributed by atoms with Crippen LogP contribution in [0.15, 0.2) is 42.5 Å². The zero-order valence-electron chi connectivity index (χ0n) is 17.8. The highest BCUT2D eigenvalue weighted by molar-refractivity contribution is 5.97. The van der Waals surface area contributed by atoms with E-state index in [0.29, 0.717) is 12.2 Å². The Kier molecular flexibility index (Phi) is 8.71. The van der Waals surface area contributed by atoms with E-state index in [1.165, 1.54) is 12.8 Å². The van der Waals surface area contributed by atoms with E-state index < -0.39 is 12.1 Å². The quantitative estimate of drug-likeness (QED) is 0.428. The monoisotopic (exact) mass is 397 g/mol. The van der Waals surface area contributed by atoms with Gasteiger partial charge < -0.3 is 14.8 Å². The van der Waals surface area contributed by atoms with Gasteiger partial charge in [-0.15, -0.1) is 0 Å². The van der Waals surface area contributed by atoms with Crippen molar-refractivity contribution < 1.29 is 19.1 Å². The molecule has 0 saturated heterocycles. The molecule has 0 bridgehead atoms. The predicted molar refractivity (Wildman–Crippen MR) is 116 cm³/mol. The first-order valence-electron chi connectivity index (χ1n) is 10.2. The van der Waals surface area contributed by atoms with Crippen LogP contribution < -0.4 is 10.1 Å². The molecule has 0 spiro atoms. The summed E-state index contributed by atoms with van der Waals surface area (Å²) in [5.74, 6) is -0.180. The number of rotatable bonds is 10. The van der Waals surface area contributed by atoms with Gasteiger partial charge in [-0.05, 0) is 68.7 Å². The van der Waals surface area contributed by atoms with Crippen molar-refractivity contribution in [1.82, 2.24) is 0 Å². The Morgan fingerprint density at radius 1 is 1.00 bits per heavy atom. The predicted octanol–water partition coefficient (Wildman–Crippen LogP) is 5.45. The van der Waals surface area contributed by atoms with Crippen molar-refractivity contribution in [3.8, 4) is 5.75 Å². The maximum absolute atomic E-state index is 12.4. The minimum atomic E-state index is -0.906. The van der Waals surface area contributed by atoms with E-state index in [1.54, 1.807) is 31.2 Å². The molecule has 156 valence electrons. The van der Waals surface area contributed by atoms with Crippen molar-refractivity contribution >= 4 is 17.6 Å². The number of unbranched alkanes of at least 4 members (excludes halogenated alkanes) is 3. The van der Waals surface area contributed by atoms with E-state index in [0.717, 1.165) is 35.4 Å². The van der Waals surface area contributed by atoms with Gasteiger partial charge in [0.1, 0.15) is 5.75 Å². The third-order valence-corrected chi connectivity index (χ3v) is 4.87. The average Bonchev–Trinajstić information content (AvgIpc) is 2.71. The molecule has 2 rings (SSSR count). The molecular weight excluding hydrogens is 366 g/mol. The van der Waals surface area contributed by atoms with Crippen LogP contribution in [-0.4, -0.2) is 24.6 Å². The van der Waals surface area contributed by atoms with Crippen molar-refractivity contribution in [2.75, 3.05) is 11.9 Å². The Morgan fingerprint density at radius 3 is 2.41 bits per heavy atom. The van der Waals surface area contributed by atoms with Crippen molar-refractivity contribution in [3.63, 3.8) is 0 Å². The van der Waals surface area contributed by atoms with Crippen molar-refractivity contribution in [1.29, 1.82) is 0 Å². The molecule has 5 nitrogen and oxygen atoms in total. The number of anilines is 1. The fourth-order valence-corrected chi connectivity index (χ4v) is 2.81. The minimum Gasteiger partial charge on any atom is -0.494 e. The van der Waals surface area contributed by atoms with Crippen LogP contribution >= 0.6 is 0 Å². The molecule has 1 atom stereocenters. The summed E-state index contributed by atoms with van der Waals surface area (Å²) in [6.07, 6.45) is 3.67. The summed E-state index contributed by atoms with van der Waals surface area (Å²) in [4.78, 5) is 24.7. The fourth-order valence-electron chi connectivity index (χ4n) is 2.81. The molecule has 0 aliphatic heterocycles. The molecule has 0 aromatic heterocycles. The van der Waals surface area contributed by atoms with Gasteiger partial charge in [0.25, 0.3) is 5.91 Å². The molecule has 1 amide bonds. The molecule has 0 radical (unpaired) electrons. The number of ether oxygens (including phenoxy) is 2. The van der Waals surface area contributed by atoms with Crippen LogP contribution in [0.25, 0.3) is 0 Å². The molecule has 2 aromatic carbocycles. The van der Waals surface area contributed by atoms with Gasteiger partial charge in [-0.2, -0.15) is 0 Å². The topological polar surface area (TPSA) is 64.6 Å². The summed E-state index contributed by atoms with van der Waals surface area (Å²) in [5.41, 5.74) is 3.18. The summed E-state index contributed by atoms with van der Waals surface area (Å²) < 4.78 is 11.0. The van der Waals surface area contributed by atoms with Crippen LogP contribution in [-0.2, 0) is 9.53 Å². The molecule has 0 aliphatic rings. The average molecular weight is 398 g/mol. The van der Waals surface area contributed by atoms with Crippen LogP contribution in [0.2, 0.25) is 0 Å². The van der Waals surface area contributed by atoms with Crippen LogP contribution in [0.5, 0.6) is 5.75 Å². The molecule has 2 aromatic rings. The third-order valence-electron chi connectivity index (χ3n) is 4.87. The number of esters is 1. The Labute approximate surface area is 173 Å². The number of nitrogens with one attached hydrogen (secondary N) is 1. The Hall–Kier alpha value is -2.82. The second kappa shape index (κ2) is 11.2. The van der Waals surface area contributed by atoms with Gasteiger partial charge in [-0.3, -0.25) is 4.79 Å². The Bertz CT molecular complexity index is 814. The number of hydrogen-bond donors (Lipinski definition) is 1. The van der Waals surface area contributed by atoms with E-state index in [9.17, 15) is 9.59 Å². The van der Waals surface area contributed by atoms with Crippen molar-refractivity contribution in [3.05, 3.63) is 59.2 Å². The van der Waals surface area contributed by atoms with Gasteiger partial charge in [-0.1, -0.05) is 38.3 Å². The van der Waals surface area contributed by atoms with Gasteiger partial charge in [0, 0.05) is 5.69 Å². The molecule has 0 saturated carbocycles. The van der Waals surface area contributed by atoms with Crippen molar-refractivity contribution in [2.45, 2.75) is 59.5 Å². The highest BCUT2D eigenvalue weighted by atomic mass is 16.5. The Balaban J connectivity index is 1.85. The first kappa shape index (κ1) is 22.5. The van der Waals surface area contributed by atoms with E-state index in [4.69, 9.17) is 9.47 Å². The molecule has 5 heteroatoms. The first-order chi connectivity index (χ1) is 13.9. The summed E-state index contributed by atoms with van der Waals surface area (Å²) in [6, 6.07) is 12.5. The standard InChI is InChI=1S/C24H31NO4/c1-5-6-7-8-16-28-21-14-12-20(13-15-21)24(27)29-19(4)23(26)25-22-11-9-10-17(2)18(22)3/h9-15,19H,5-8,16H2,1-4H3,(H,25,26)/t19-/m0/s1. The molecule has 29 heavy (non-hydrogen) atoms. The molecule has 0 fully saturated rings. The second-order valence-corrected chi connectivity index (χ2v) is 7.22. The van der Waals surface area contributed by atoms with Crippen LogP contribution in [0.1, 0.15) is 61.0 Å². The van der Waals surface area contributed by atoms with Crippen LogP contribution in [0, 0.1) is 13.8 Å².